The van der Waals surface area contributed by atoms with Crippen molar-refractivity contribution in [3.05, 3.63) is 59.2 Å². The molecule has 0 amide bonds. The van der Waals surface area contributed by atoms with Crippen LogP contribution in [-0.2, 0) is 13.0 Å². The number of hydrogen-bond donors (Lipinski definition) is 0. The van der Waals surface area contributed by atoms with Crippen molar-refractivity contribution in [3.8, 4) is 0 Å². The lowest BCUT2D eigenvalue weighted by Gasteiger charge is -2.29. The molecule has 0 radical (unpaired) electrons. The van der Waals surface area contributed by atoms with Crippen molar-refractivity contribution >= 4 is 5.78 Å². The van der Waals surface area contributed by atoms with Crippen LogP contribution in [0.3, 0.4) is 0 Å². The average molecular weight is 271 g/mol. The maximum Gasteiger partial charge on any atom is 0.165 e. The fraction of sp³-hybridized carbons (Fsp3) is 0.353. The summed E-state index contributed by atoms with van der Waals surface area (Å²) < 4.78 is 15.8. The molecule has 0 saturated heterocycles. The largest absolute Gasteiger partial charge is 0.346 e. The van der Waals surface area contributed by atoms with Crippen molar-refractivity contribution in [2.45, 2.75) is 33.2 Å². The first-order valence-electron chi connectivity index (χ1n) is 6.91. The van der Waals surface area contributed by atoms with Crippen LogP contribution in [0, 0.1) is 11.2 Å². The molecule has 20 heavy (non-hydrogen) atoms. The van der Waals surface area contributed by atoms with Crippen LogP contribution in [0.1, 0.15) is 41.9 Å². The zero-order chi connectivity index (χ0) is 14.3. The van der Waals surface area contributed by atoms with E-state index in [1.165, 1.54) is 6.07 Å². The van der Waals surface area contributed by atoms with Gasteiger partial charge in [-0.05, 0) is 24.0 Å². The van der Waals surface area contributed by atoms with Gasteiger partial charge < -0.3 is 4.57 Å². The summed E-state index contributed by atoms with van der Waals surface area (Å²) >= 11 is 0. The third kappa shape index (κ3) is 2.28. The molecule has 0 saturated carbocycles. The van der Waals surface area contributed by atoms with Crippen molar-refractivity contribution in [3.63, 3.8) is 0 Å². The molecule has 0 fully saturated rings. The molecule has 1 aromatic carbocycles. The maximum atomic E-state index is 13.8. The predicted molar refractivity (Wildman–Crippen MR) is 76.4 cm³/mol. The van der Waals surface area contributed by atoms with Crippen LogP contribution in [0.25, 0.3) is 0 Å². The van der Waals surface area contributed by atoms with Crippen LogP contribution >= 0.6 is 0 Å². The Bertz CT molecular complexity index is 669. The first kappa shape index (κ1) is 13.1. The van der Waals surface area contributed by atoms with Gasteiger partial charge in [0.15, 0.2) is 5.78 Å². The molecule has 1 aromatic heterocycles. The van der Waals surface area contributed by atoms with Crippen LogP contribution in [0.15, 0.2) is 36.5 Å². The van der Waals surface area contributed by atoms with Crippen LogP contribution in [0.2, 0.25) is 0 Å². The van der Waals surface area contributed by atoms with E-state index in [-0.39, 0.29) is 17.0 Å². The third-order valence-electron chi connectivity index (χ3n) is 3.96. The average Bonchev–Trinajstić information content (AvgIpc) is 2.74. The number of ketones is 1. The van der Waals surface area contributed by atoms with E-state index in [0.29, 0.717) is 18.5 Å². The monoisotopic (exact) mass is 271 g/mol. The second kappa shape index (κ2) is 4.58. The summed E-state index contributed by atoms with van der Waals surface area (Å²) in [5, 5.41) is 0. The molecule has 104 valence electrons. The third-order valence-corrected chi connectivity index (χ3v) is 3.96. The van der Waals surface area contributed by atoms with E-state index in [1.54, 1.807) is 12.1 Å². The van der Waals surface area contributed by atoms with Gasteiger partial charge in [0, 0.05) is 29.4 Å². The Labute approximate surface area is 118 Å². The van der Waals surface area contributed by atoms with E-state index in [9.17, 15) is 9.18 Å². The molecule has 0 spiro atoms. The van der Waals surface area contributed by atoms with E-state index >= 15 is 0 Å². The summed E-state index contributed by atoms with van der Waals surface area (Å²) in [6.07, 6.45) is 3.34. The summed E-state index contributed by atoms with van der Waals surface area (Å²) in [6, 6.07) is 8.66. The predicted octanol–water partition coefficient (Wildman–Crippen LogP) is 3.83. The molecule has 0 bridgehead atoms. The minimum absolute atomic E-state index is 0.0184. The number of fused-ring (bicyclic) bond motifs is 1. The summed E-state index contributed by atoms with van der Waals surface area (Å²) in [7, 11) is 0. The highest BCUT2D eigenvalue weighted by atomic mass is 19.1. The number of carbonyl (C=O) groups excluding carboxylic acids is 1. The van der Waals surface area contributed by atoms with Gasteiger partial charge in [0.1, 0.15) is 5.82 Å². The highest BCUT2D eigenvalue weighted by molar-refractivity contribution is 5.98. The Morgan fingerprint density at radius 2 is 1.95 bits per heavy atom. The molecule has 0 N–H and O–H groups in total. The van der Waals surface area contributed by atoms with E-state index in [2.05, 4.69) is 13.8 Å². The summed E-state index contributed by atoms with van der Waals surface area (Å²) in [6.45, 7) is 4.69. The minimum atomic E-state index is -0.198. The summed E-state index contributed by atoms with van der Waals surface area (Å²) in [5.41, 5.74) is 2.48. The molecule has 0 unspecified atom stereocenters. The van der Waals surface area contributed by atoms with Gasteiger partial charge in [-0.15, -0.1) is 0 Å². The normalized spacial score (nSPS) is 17.1. The first-order chi connectivity index (χ1) is 9.46. The topological polar surface area (TPSA) is 22.0 Å². The van der Waals surface area contributed by atoms with Crippen molar-refractivity contribution < 1.29 is 9.18 Å². The highest BCUT2D eigenvalue weighted by Crippen LogP contribution is 2.35. The molecule has 1 aliphatic carbocycles. The Morgan fingerprint density at radius 1 is 1.20 bits per heavy atom. The standard InChI is InChI=1S/C17H18FNO/c1-17(2)9-15-13(16(20)10-17)7-8-19(15)11-12-5-3-4-6-14(12)18/h3-8H,9-11H2,1-2H3. The molecule has 1 heterocycles. The van der Waals surface area contributed by atoms with Gasteiger partial charge >= 0.3 is 0 Å². The molecule has 3 rings (SSSR count). The second-order valence-electron chi connectivity index (χ2n) is 6.34. The van der Waals surface area contributed by atoms with Gasteiger partial charge in [-0.3, -0.25) is 4.79 Å². The molecule has 1 aliphatic rings. The van der Waals surface area contributed by atoms with Crippen molar-refractivity contribution in [2.75, 3.05) is 0 Å². The Morgan fingerprint density at radius 3 is 2.70 bits per heavy atom. The lowest BCUT2D eigenvalue weighted by molar-refractivity contribution is 0.0910. The van der Waals surface area contributed by atoms with Crippen LogP contribution in [-0.4, -0.2) is 10.4 Å². The zero-order valence-corrected chi connectivity index (χ0v) is 11.8. The lowest BCUT2D eigenvalue weighted by Crippen LogP contribution is -2.28. The lowest BCUT2D eigenvalue weighted by atomic mass is 9.76. The number of hydrogen-bond acceptors (Lipinski definition) is 1. The summed E-state index contributed by atoms with van der Waals surface area (Å²) in [4.78, 5) is 12.1. The zero-order valence-electron chi connectivity index (χ0n) is 11.8. The maximum absolute atomic E-state index is 13.8. The number of aromatic nitrogens is 1. The van der Waals surface area contributed by atoms with E-state index in [0.717, 1.165) is 17.7 Å². The molecule has 2 nitrogen and oxygen atoms in total. The fourth-order valence-corrected chi connectivity index (χ4v) is 2.96. The van der Waals surface area contributed by atoms with E-state index in [1.807, 2.05) is 22.9 Å². The number of halogens is 1. The minimum Gasteiger partial charge on any atom is -0.346 e. The van der Waals surface area contributed by atoms with Gasteiger partial charge in [-0.1, -0.05) is 32.0 Å². The number of Topliss-reactive ketones (excluding diaryl/α,β-unsaturated/α-hetero) is 1. The molecule has 2 aromatic rings. The quantitative estimate of drug-likeness (QED) is 0.813. The van der Waals surface area contributed by atoms with Gasteiger partial charge in [-0.25, -0.2) is 4.39 Å². The van der Waals surface area contributed by atoms with E-state index in [4.69, 9.17) is 0 Å². The highest BCUT2D eigenvalue weighted by Gasteiger charge is 2.32. The molecule has 3 heteroatoms. The second-order valence-corrected chi connectivity index (χ2v) is 6.34. The van der Waals surface area contributed by atoms with Crippen molar-refractivity contribution in [1.82, 2.24) is 4.57 Å². The number of carbonyl (C=O) groups is 1. The fourth-order valence-electron chi connectivity index (χ4n) is 2.96. The van der Waals surface area contributed by atoms with Crippen LogP contribution in [0.5, 0.6) is 0 Å². The Balaban J connectivity index is 1.98. The van der Waals surface area contributed by atoms with Gasteiger partial charge in [-0.2, -0.15) is 0 Å². The van der Waals surface area contributed by atoms with Gasteiger partial charge in [0.25, 0.3) is 0 Å². The van der Waals surface area contributed by atoms with Crippen molar-refractivity contribution in [2.24, 2.45) is 5.41 Å². The summed E-state index contributed by atoms with van der Waals surface area (Å²) in [5.74, 6) is -0.000111. The van der Waals surface area contributed by atoms with Crippen molar-refractivity contribution in [1.29, 1.82) is 0 Å². The first-order valence-corrected chi connectivity index (χ1v) is 6.91. The molecular formula is C17H18FNO. The molecule has 0 atom stereocenters. The number of benzene rings is 1. The molecular weight excluding hydrogens is 253 g/mol. The number of nitrogens with zero attached hydrogens (tertiary/aromatic N) is 1. The van der Waals surface area contributed by atoms with E-state index < -0.39 is 0 Å². The molecule has 0 aliphatic heterocycles. The SMILES string of the molecule is CC1(C)CC(=O)c2ccn(Cc3ccccc3F)c2C1. The Hall–Kier alpha value is -1.90. The Kier molecular flexibility index (Phi) is 3.00. The smallest absolute Gasteiger partial charge is 0.165 e. The number of rotatable bonds is 2. The van der Waals surface area contributed by atoms with Crippen LogP contribution < -0.4 is 0 Å². The van der Waals surface area contributed by atoms with Gasteiger partial charge in [0.05, 0.1) is 6.54 Å². The van der Waals surface area contributed by atoms with Crippen LogP contribution in [0.4, 0.5) is 4.39 Å². The van der Waals surface area contributed by atoms with Gasteiger partial charge in [0.2, 0.25) is 0 Å².